The van der Waals surface area contributed by atoms with Gasteiger partial charge in [-0.2, -0.15) is 0 Å². The number of hydrogen-bond donors (Lipinski definition) is 2. The lowest BCUT2D eigenvalue weighted by Crippen LogP contribution is -2.29. The first kappa shape index (κ1) is 13.6. The van der Waals surface area contributed by atoms with Crippen molar-refractivity contribution in [2.45, 2.75) is 11.8 Å². The van der Waals surface area contributed by atoms with Crippen LogP contribution in [0.4, 0.5) is 4.39 Å². The monoisotopic (exact) mass is 262 g/mol. The molecule has 17 heavy (non-hydrogen) atoms. The highest BCUT2D eigenvalue weighted by Crippen LogP contribution is 2.15. The molecule has 0 aromatic heterocycles. The van der Waals surface area contributed by atoms with Crippen LogP contribution in [0.15, 0.2) is 23.1 Å². The van der Waals surface area contributed by atoms with Gasteiger partial charge in [0.25, 0.3) is 10.0 Å². The van der Waals surface area contributed by atoms with Crippen molar-refractivity contribution in [3.63, 3.8) is 0 Å². The molecule has 0 aliphatic heterocycles. The number of carbonyl (C=O) groups is 1. The van der Waals surface area contributed by atoms with Gasteiger partial charge in [0.2, 0.25) is 5.91 Å². The average molecular weight is 262 g/mol. The van der Waals surface area contributed by atoms with Crippen molar-refractivity contribution in [3.05, 3.63) is 29.6 Å². The third kappa shape index (κ3) is 3.77. The van der Waals surface area contributed by atoms with Gasteiger partial charge in [-0.3, -0.25) is 9.63 Å². The van der Waals surface area contributed by atoms with E-state index < -0.39 is 28.4 Å². The van der Waals surface area contributed by atoms with E-state index in [9.17, 15) is 17.6 Å². The number of hydrogen-bond acceptors (Lipinski definition) is 4. The summed E-state index contributed by atoms with van der Waals surface area (Å²) < 4.78 is 36.1. The Labute approximate surface area is 97.6 Å². The second-order valence-corrected chi connectivity index (χ2v) is 4.86. The number of aryl methyl sites for hydroxylation is 1. The Bertz CT molecular complexity index is 530. The largest absolute Gasteiger partial charge is 0.368 e. The molecule has 0 aliphatic carbocycles. The molecule has 1 aromatic rings. The van der Waals surface area contributed by atoms with E-state index in [0.29, 0.717) is 0 Å². The maximum atomic E-state index is 12.8. The third-order valence-electron chi connectivity index (χ3n) is 1.81. The Morgan fingerprint density at radius 2 is 2.18 bits per heavy atom. The number of benzene rings is 1. The van der Waals surface area contributed by atoms with Gasteiger partial charge in [0.15, 0.2) is 0 Å². The quantitative estimate of drug-likeness (QED) is 0.720. The normalized spacial score (nSPS) is 11.4. The molecule has 94 valence electrons. The molecule has 0 radical (unpaired) electrons. The number of rotatable bonds is 5. The van der Waals surface area contributed by atoms with Crippen LogP contribution >= 0.6 is 0 Å². The van der Waals surface area contributed by atoms with E-state index in [2.05, 4.69) is 4.84 Å². The van der Waals surface area contributed by atoms with E-state index in [1.165, 1.54) is 6.92 Å². The van der Waals surface area contributed by atoms with Crippen molar-refractivity contribution in [1.82, 2.24) is 4.89 Å². The highest BCUT2D eigenvalue weighted by atomic mass is 32.2. The number of nitrogens with two attached hydrogens (primary N) is 1. The van der Waals surface area contributed by atoms with Gasteiger partial charge in [-0.15, -0.1) is 0 Å². The Hall–Kier alpha value is -1.51. The van der Waals surface area contributed by atoms with E-state index in [-0.39, 0.29) is 10.5 Å². The van der Waals surface area contributed by atoms with Crippen LogP contribution in [0.2, 0.25) is 0 Å². The second kappa shape index (κ2) is 5.21. The number of nitrogens with one attached hydrogen (secondary N) is 1. The van der Waals surface area contributed by atoms with Gasteiger partial charge in [-0.05, 0) is 30.7 Å². The van der Waals surface area contributed by atoms with Crippen LogP contribution in [0.3, 0.4) is 0 Å². The summed E-state index contributed by atoms with van der Waals surface area (Å²) in [6, 6.07) is 3.18. The van der Waals surface area contributed by atoms with Crippen molar-refractivity contribution in [3.8, 4) is 0 Å². The number of primary amides is 1. The molecule has 0 saturated carbocycles. The summed E-state index contributed by atoms with van der Waals surface area (Å²) in [5, 5.41) is 0. The van der Waals surface area contributed by atoms with Crippen molar-refractivity contribution in [2.24, 2.45) is 5.73 Å². The van der Waals surface area contributed by atoms with Crippen LogP contribution in [0, 0.1) is 12.7 Å². The van der Waals surface area contributed by atoms with Gasteiger partial charge in [0.1, 0.15) is 12.4 Å². The van der Waals surface area contributed by atoms with Crippen molar-refractivity contribution in [1.29, 1.82) is 0 Å². The highest BCUT2D eigenvalue weighted by Gasteiger charge is 2.17. The van der Waals surface area contributed by atoms with Crippen LogP contribution in [0.25, 0.3) is 0 Å². The van der Waals surface area contributed by atoms with Gasteiger partial charge in [0, 0.05) is 0 Å². The predicted molar refractivity (Wildman–Crippen MR) is 56.6 cm³/mol. The smallest absolute Gasteiger partial charge is 0.262 e. The number of sulfonamides is 1. The van der Waals surface area contributed by atoms with Crippen LogP contribution in [0.1, 0.15) is 5.56 Å². The zero-order valence-electron chi connectivity index (χ0n) is 8.94. The minimum absolute atomic E-state index is 0.136. The van der Waals surface area contributed by atoms with E-state index >= 15 is 0 Å². The predicted octanol–water partition coefficient (Wildman–Crippen LogP) is -0.171. The summed E-state index contributed by atoms with van der Waals surface area (Å²) in [5.74, 6) is -1.36. The zero-order chi connectivity index (χ0) is 13.1. The first-order valence-electron chi connectivity index (χ1n) is 4.51. The van der Waals surface area contributed by atoms with Crippen molar-refractivity contribution in [2.75, 3.05) is 6.61 Å². The molecule has 1 aromatic carbocycles. The summed E-state index contributed by atoms with van der Waals surface area (Å²) in [7, 11) is -3.95. The number of carbonyl (C=O) groups excluding carboxylic acids is 1. The minimum Gasteiger partial charge on any atom is -0.368 e. The zero-order valence-corrected chi connectivity index (χ0v) is 9.75. The van der Waals surface area contributed by atoms with Crippen LogP contribution < -0.4 is 10.6 Å². The Morgan fingerprint density at radius 3 is 2.71 bits per heavy atom. The number of halogens is 1. The van der Waals surface area contributed by atoms with E-state index in [1.807, 2.05) is 0 Å². The molecule has 0 spiro atoms. The van der Waals surface area contributed by atoms with Gasteiger partial charge in [-0.25, -0.2) is 12.8 Å². The fourth-order valence-electron chi connectivity index (χ4n) is 1.14. The Kier molecular flexibility index (Phi) is 4.16. The minimum atomic E-state index is -3.95. The van der Waals surface area contributed by atoms with Crippen LogP contribution in [0.5, 0.6) is 0 Å². The summed E-state index contributed by atoms with van der Waals surface area (Å²) in [6.45, 7) is 0.852. The lowest BCUT2D eigenvalue weighted by Gasteiger charge is -2.08. The maximum Gasteiger partial charge on any atom is 0.262 e. The van der Waals surface area contributed by atoms with E-state index in [1.54, 1.807) is 4.89 Å². The molecule has 0 aliphatic rings. The molecule has 1 amide bonds. The van der Waals surface area contributed by atoms with Gasteiger partial charge in [-0.1, -0.05) is 4.89 Å². The fraction of sp³-hybridized carbons (Fsp3) is 0.222. The topological polar surface area (TPSA) is 98.5 Å². The molecule has 6 nitrogen and oxygen atoms in total. The Balaban J connectivity index is 2.86. The summed E-state index contributed by atoms with van der Waals surface area (Å²) >= 11 is 0. The van der Waals surface area contributed by atoms with E-state index in [4.69, 9.17) is 5.73 Å². The first-order chi connectivity index (χ1) is 7.83. The molecule has 0 unspecified atom stereocenters. The summed E-state index contributed by atoms with van der Waals surface area (Å²) in [6.07, 6.45) is 0. The number of amides is 1. The molecule has 0 heterocycles. The SMILES string of the molecule is Cc1cc(F)ccc1S(=O)(=O)NOCC(N)=O. The highest BCUT2D eigenvalue weighted by molar-refractivity contribution is 7.89. The van der Waals surface area contributed by atoms with Crippen molar-refractivity contribution >= 4 is 15.9 Å². The Morgan fingerprint density at radius 1 is 1.53 bits per heavy atom. The second-order valence-electron chi connectivity index (χ2n) is 3.25. The molecule has 8 heteroatoms. The molecule has 0 atom stereocenters. The molecule has 0 fully saturated rings. The molecule has 1 rings (SSSR count). The first-order valence-corrected chi connectivity index (χ1v) is 5.99. The summed E-state index contributed by atoms with van der Waals surface area (Å²) in [4.78, 5) is 16.3. The average Bonchev–Trinajstić information content (AvgIpc) is 2.15. The fourth-order valence-corrected chi connectivity index (χ4v) is 2.17. The van der Waals surface area contributed by atoms with Crippen LogP contribution in [-0.4, -0.2) is 20.9 Å². The third-order valence-corrected chi connectivity index (χ3v) is 3.18. The molecule has 0 saturated heterocycles. The molecule has 0 bridgehead atoms. The van der Waals surface area contributed by atoms with Crippen LogP contribution in [-0.2, 0) is 19.7 Å². The van der Waals surface area contributed by atoms with Gasteiger partial charge < -0.3 is 5.73 Å². The lowest BCUT2D eigenvalue weighted by atomic mass is 10.2. The molecule has 3 N–H and O–H groups in total. The van der Waals surface area contributed by atoms with Gasteiger partial charge >= 0.3 is 0 Å². The van der Waals surface area contributed by atoms with E-state index in [0.717, 1.165) is 18.2 Å². The van der Waals surface area contributed by atoms with Gasteiger partial charge in [0.05, 0.1) is 4.90 Å². The maximum absolute atomic E-state index is 12.8. The summed E-state index contributed by atoms with van der Waals surface area (Å²) in [5.41, 5.74) is 4.98. The standard InChI is InChI=1S/C9H11FN2O4S/c1-6-4-7(10)2-3-8(6)17(14,15)12-16-5-9(11)13/h2-4,12H,5H2,1H3,(H2,11,13). The molecular formula is C9H11FN2O4S. The van der Waals surface area contributed by atoms with Crippen molar-refractivity contribution < 1.29 is 22.4 Å². The lowest BCUT2D eigenvalue weighted by molar-refractivity contribution is -0.123. The molecular weight excluding hydrogens is 251 g/mol.